The Kier molecular flexibility index (Phi) is 3.64. The van der Waals surface area contributed by atoms with Crippen LogP contribution in [0.3, 0.4) is 0 Å². The molecule has 0 saturated carbocycles. The van der Waals surface area contributed by atoms with Gasteiger partial charge in [0.2, 0.25) is 0 Å². The highest BCUT2D eigenvalue weighted by molar-refractivity contribution is 7.98. The van der Waals surface area contributed by atoms with Crippen LogP contribution in [0.2, 0.25) is 5.15 Å². The summed E-state index contributed by atoms with van der Waals surface area (Å²) in [5.74, 6) is 1.02. The van der Waals surface area contributed by atoms with Crippen LogP contribution in [0.1, 0.15) is 0 Å². The van der Waals surface area contributed by atoms with Crippen LogP contribution in [0, 0.1) is 0 Å². The van der Waals surface area contributed by atoms with Gasteiger partial charge in [0.25, 0.3) is 5.88 Å². The molecule has 0 unspecified atom stereocenters. The zero-order valence-corrected chi connectivity index (χ0v) is 10.1. The average molecular weight is 253 g/mol. The Balaban J connectivity index is 2.18. The van der Waals surface area contributed by atoms with Crippen LogP contribution in [0.25, 0.3) is 0 Å². The van der Waals surface area contributed by atoms with Gasteiger partial charge < -0.3 is 4.74 Å². The molecular weight excluding hydrogens is 244 g/mol. The van der Waals surface area contributed by atoms with E-state index >= 15 is 0 Å². The highest BCUT2D eigenvalue weighted by Gasteiger charge is 2.04. The van der Waals surface area contributed by atoms with Crippen LogP contribution < -0.4 is 4.74 Å². The van der Waals surface area contributed by atoms with Crippen molar-refractivity contribution in [2.75, 3.05) is 6.26 Å². The molecule has 2 rings (SSSR count). The minimum absolute atomic E-state index is 0.261. The van der Waals surface area contributed by atoms with Crippen LogP contribution >= 0.6 is 23.4 Å². The third kappa shape index (κ3) is 2.65. The quantitative estimate of drug-likeness (QED) is 0.781. The summed E-state index contributed by atoms with van der Waals surface area (Å²) in [7, 11) is 0. The average Bonchev–Trinajstić information content (AvgIpc) is 2.33. The fourth-order valence-corrected chi connectivity index (χ4v) is 1.68. The first kappa shape index (κ1) is 11.2. The standard InChI is InChI=1S/C11H9ClN2OS/c1-16-9-4-2-8(3-5-9)15-11-10(12)13-6-7-14-11/h2-7H,1H3. The van der Waals surface area contributed by atoms with Crippen molar-refractivity contribution in [3.05, 3.63) is 41.8 Å². The smallest absolute Gasteiger partial charge is 0.257 e. The summed E-state index contributed by atoms with van der Waals surface area (Å²) in [5.41, 5.74) is 0. The monoisotopic (exact) mass is 252 g/mol. The van der Waals surface area contributed by atoms with Crippen LogP contribution in [0.15, 0.2) is 41.6 Å². The van der Waals surface area contributed by atoms with E-state index < -0.39 is 0 Å². The molecule has 3 nitrogen and oxygen atoms in total. The van der Waals surface area contributed by atoms with Gasteiger partial charge in [0.15, 0.2) is 5.15 Å². The fraction of sp³-hybridized carbons (Fsp3) is 0.0909. The molecule has 82 valence electrons. The van der Waals surface area contributed by atoms with Crippen molar-refractivity contribution >= 4 is 23.4 Å². The first-order valence-corrected chi connectivity index (χ1v) is 6.18. The third-order valence-corrected chi connectivity index (χ3v) is 2.90. The highest BCUT2D eigenvalue weighted by Crippen LogP contribution is 2.26. The molecule has 0 spiro atoms. The number of hydrogen-bond acceptors (Lipinski definition) is 4. The number of benzene rings is 1. The molecule has 0 radical (unpaired) electrons. The zero-order chi connectivity index (χ0) is 11.4. The molecular formula is C11H9ClN2OS. The SMILES string of the molecule is CSc1ccc(Oc2nccnc2Cl)cc1. The van der Waals surface area contributed by atoms with E-state index in [-0.39, 0.29) is 5.15 Å². The Bertz CT molecular complexity index is 476. The predicted molar refractivity (Wildman–Crippen MR) is 65.3 cm³/mol. The lowest BCUT2D eigenvalue weighted by atomic mass is 10.3. The van der Waals surface area contributed by atoms with Crippen LogP contribution in [0.4, 0.5) is 0 Å². The van der Waals surface area contributed by atoms with Crippen molar-refractivity contribution in [2.24, 2.45) is 0 Å². The maximum absolute atomic E-state index is 5.83. The van der Waals surface area contributed by atoms with Gasteiger partial charge in [-0.15, -0.1) is 11.8 Å². The summed E-state index contributed by atoms with van der Waals surface area (Å²) in [6, 6.07) is 7.70. The zero-order valence-electron chi connectivity index (χ0n) is 8.55. The second kappa shape index (κ2) is 5.18. The van der Waals surface area contributed by atoms with Gasteiger partial charge in [-0.05, 0) is 30.5 Å². The molecule has 0 aliphatic heterocycles. The van der Waals surface area contributed by atoms with Crippen molar-refractivity contribution in [1.29, 1.82) is 0 Å². The molecule has 1 heterocycles. The molecule has 1 aromatic heterocycles. The van der Waals surface area contributed by atoms with E-state index in [0.29, 0.717) is 11.6 Å². The van der Waals surface area contributed by atoms with E-state index in [1.54, 1.807) is 11.8 Å². The molecule has 0 aliphatic rings. The molecule has 1 aromatic carbocycles. The van der Waals surface area contributed by atoms with Crippen molar-refractivity contribution < 1.29 is 4.74 Å². The first-order valence-electron chi connectivity index (χ1n) is 4.58. The van der Waals surface area contributed by atoms with E-state index in [9.17, 15) is 0 Å². The van der Waals surface area contributed by atoms with Gasteiger partial charge in [-0.25, -0.2) is 9.97 Å². The minimum Gasteiger partial charge on any atom is -0.436 e. The van der Waals surface area contributed by atoms with E-state index in [1.807, 2.05) is 30.5 Å². The van der Waals surface area contributed by atoms with Crippen molar-refractivity contribution in [3.63, 3.8) is 0 Å². The minimum atomic E-state index is 0.261. The number of thioether (sulfide) groups is 1. The molecule has 16 heavy (non-hydrogen) atoms. The van der Waals surface area contributed by atoms with Gasteiger partial charge in [-0.2, -0.15) is 0 Å². The summed E-state index contributed by atoms with van der Waals surface area (Å²) in [4.78, 5) is 9.06. The molecule has 5 heteroatoms. The van der Waals surface area contributed by atoms with Gasteiger partial charge >= 0.3 is 0 Å². The number of nitrogens with zero attached hydrogens (tertiary/aromatic N) is 2. The second-order valence-corrected chi connectivity index (χ2v) is 4.17. The lowest BCUT2D eigenvalue weighted by Crippen LogP contribution is -1.90. The van der Waals surface area contributed by atoms with E-state index in [4.69, 9.17) is 16.3 Å². The molecule has 0 atom stereocenters. The maximum atomic E-state index is 5.83. The Morgan fingerprint density at radius 2 is 1.81 bits per heavy atom. The Labute approximate surface area is 103 Å². The largest absolute Gasteiger partial charge is 0.436 e. The van der Waals surface area contributed by atoms with E-state index in [0.717, 1.165) is 0 Å². The lowest BCUT2D eigenvalue weighted by molar-refractivity contribution is 0.460. The van der Waals surface area contributed by atoms with Gasteiger partial charge in [0.1, 0.15) is 5.75 Å². The summed E-state index contributed by atoms with van der Waals surface area (Å²) in [6.45, 7) is 0. The van der Waals surface area contributed by atoms with Crippen molar-refractivity contribution in [1.82, 2.24) is 9.97 Å². The van der Waals surface area contributed by atoms with Gasteiger partial charge in [-0.3, -0.25) is 0 Å². The Morgan fingerprint density at radius 3 is 2.44 bits per heavy atom. The summed E-state index contributed by atoms with van der Waals surface area (Å²) < 4.78 is 5.49. The van der Waals surface area contributed by atoms with Crippen LogP contribution in [-0.2, 0) is 0 Å². The van der Waals surface area contributed by atoms with E-state index in [1.165, 1.54) is 17.3 Å². The normalized spacial score (nSPS) is 10.1. The van der Waals surface area contributed by atoms with E-state index in [2.05, 4.69) is 9.97 Å². The topological polar surface area (TPSA) is 35.0 Å². The highest BCUT2D eigenvalue weighted by atomic mass is 35.5. The van der Waals surface area contributed by atoms with Crippen LogP contribution in [0.5, 0.6) is 11.6 Å². The summed E-state index contributed by atoms with van der Waals surface area (Å²) in [5, 5.41) is 0.261. The molecule has 0 saturated heterocycles. The second-order valence-electron chi connectivity index (χ2n) is 2.93. The van der Waals surface area contributed by atoms with Crippen molar-refractivity contribution in [3.8, 4) is 11.6 Å². The molecule has 0 fully saturated rings. The summed E-state index contributed by atoms with van der Waals surface area (Å²) >= 11 is 7.51. The third-order valence-electron chi connectivity index (χ3n) is 1.90. The van der Waals surface area contributed by atoms with Gasteiger partial charge in [0, 0.05) is 17.3 Å². The van der Waals surface area contributed by atoms with Gasteiger partial charge in [-0.1, -0.05) is 11.6 Å². The molecule has 0 N–H and O–H groups in total. The van der Waals surface area contributed by atoms with Crippen molar-refractivity contribution in [2.45, 2.75) is 4.90 Å². The maximum Gasteiger partial charge on any atom is 0.257 e. The lowest BCUT2D eigenvalue weighted by Gasteiger charge is -2.05. The Hall–Kier alpha value is -1.26. The summed E-state index contributed by atoms with van der Waals surface area (Å²) in [6.07, 6.45) is 5.08. The fourth-order valence-electron chi connectivity index (χ4n) is 1.13. The number of rotatable bonds is 3. The number of aromatic nitrogens is 2. The number of halogens is 1. The molecule has 0 bridgehead atoms. The molecule has 0 aliphatic carbocycles. The number of ether oxygens (including phenoxy) is 1. The van der Waals surface area contributed by atoms with Gasteiger partial charge in [0.05, 0.1) is 0 Å². The number of hydrogen-bond donors (Lipinski definition) is 0. The predicted octanol–water partition coefficient (Wildman–Crippen LogP) is 3.64. The molecule has 2 aromatic rings. The Morgan fingerprint density at radius 1 is 1.12 bits per heavy atom. The molecule has 0 amide bonds. The first-order chi connectivity index (χ1) is 7.79. The van der Waals surface area contributed by atoms with Crippen LogP contribution in [-0.4, -0.2) is 16.2 Å².